The first kappa shape index (κ1) is 14.8. The number of ether oxygens (including phenoxy) is 1. The van der Waals surface area contributed by atoms with Gasteiger partial charge in [0.25, 0.3) is 0 Å². The van der Waals surface area contributed by atoms with Crippen LogP contribution in [-0.2, 0) is 9.53 Å². The molecule has 4 heteroatoms. The highest BCUT2D eigenvalue weighted by molar-refractivity contribution is 5.70. The molecule has 2 N–H and O–H groups in total. The molecule has 0 amide bonds. The molecule has 0 bridgehead atoms. The number of rotatable bonds is 3. The molecule has 1 aliphatic heterocycles. The van der Waals surface area contributed by atoms with Crippen LogP contribution in [0.1, 0.15) is 59.8 Å². The van der Waals surface area contributed by atoms with Crippen molar-refractivity contribution >= 4 is 5.97 Å². The van der Waals surface area contributed by atoms with E-state index in [1.807, 2.05) is 0 Å². The summed E-state index contributed by atoms with van der Waals surface area (Å²) in [6.07, 6.45) is 4.64. The maximum Gasteiger partial charge on any atom is 0.306 e. The highest BCUT2D eigenvalue weighted by Gasteiger charge is 2.46. The van der Waals surface area contributed by atoms with Crippen molar-refractivity contribution in [2.24, 2.45) is 5.92 Å². The van der Waals surface area contributed by atoms with E-state index in [2.05, 4.69) is 33.0 Å². The van der Waals surface area contributed by atoms with Crippen molar-refractivity contribution in [2.45, 2.75) is 83.1 Å². The zero-order valence-electron chi connectivity index (χ0n) is 12.5. The summed E-state index contributed by atoms with van der Waals surface area (Å²) in [6.45, 7) is 8.49. The lowest BCUT2D eigenvalue weighted by molar-refractivity contribution is -0.143. The highest BCUT2D eigenvalue weighted by atomic mass is 16.5. The van der Waals surface area contributed by atoms with Gasteiger partial charge in [-0.3, -0.25) is 4.79 Å². The fraction of sp³-hybridized carbons (Fsp3) is 0.933. The Morgan fingerprint density at radius 2 is 1.95 bits per heavy atom. The van der Waals surface area contributed by atoms with E-state index in [0.717, 1.165) is 32.1 Å². The fourth-order valence-corrected chi connectivity index (χ4v) is 3.67. The summed E-state index contributed by atoms with van der Waals surface area (Å²) >= 11 is 0. The number of aliphatic carboxylic acids is 1. The second-order valence-corrected chi connectivity index (χ2v) is 7.29. The van der Waals surface area contributed by atoms with Gasteiger partial charge < -0.3 is 15.2 Å². The zero-order chi connectivity index (χ0) is 14.3. The summed E-state index contributed by atoms with van der Waals surface area (Å²) in [4.78, 5) is 11.1. The van der Waals surface area contributed by atoms with E-state index in [1.54, 1.807) is 0 Å². The van der Waals surface area contributed by atoms with Crippen molar-refractivity contribution in [3.05, 3.63) is 0 Å². The molecule has 19 heavy (non-hydrogen) atoms. The van der Waals surface area contributed by atoms with Gasteiger partial charge in [-0.2, -0.15) is 0 Å². The molecular weight excluding hydrogens is 242 g/mol. The molecule has 0 radical (unpaired) electrons. The zero-order valence-corrected chi connectivity index (χ0v) is 12.5. The van der Waals surface area contributed by atoms with Crippen molar-refractivity contribution in [3.8, 4) is 0 Å². The fourth-order valence-electron chi connectivity index (χ4n) is 3.67. The van der Waals surface area contributed by atoms with Crippen LogP contribution in [0, 0.1) is 5.92 Å². The molecule has 1 aliphatic carbocycles. The van der Waals surface area contributed by atoms with E-state index in [0.29, 0.717) is 12.1 Å². The molecule has 0 spiro atoms. The third kappa shape index (κ3) is 3.48. The minimum absolute atomic E-state index is 0.0952. The van der Waals surface area contributed by atoms with Crippen molar-refractivity contribution in [1.29, 1.82) is 0 Å². The lowest BCUT2D eigenvalue weighted by Crippen LogP contribution is -2.49. The smallest absolute Gasteiger partial charge is 0.306 e. The molecule has 2 aliphatic rings. The molecular formula is C15H27NO3. The molecule has 0 aromatic heterocycles. The second-order valence-electron chi connectivity index (χ2n) is 7.29. The number of hydrogen-bond acceptors (Lipinski definition) is 3. The van der Waals surface area contributed by atoms with Crippen LogP contribution in [0.25, 0.3) is 0 Å². The Hall–Kier alpha value is -0.610. The van der Waals surface area contributed by atoms with Gasteiger partial charge in [0, 0.05) is 12.1 Å². The first-order chi connectivity index (χ1) is 8.70. The molecule has 0 aromatic carbocycles. The van der Waals surface area contributed by atoms with Crippen LogP contribution in [0.3, 0.4) is 0 Å². The molecule has 1 saturated heterocycles. The lowest BCUT2D eigenvalue weighted by Gasteiger charge is -2.34. The summed E-state index contributed by atoms with van der Waals surface area (Å²) in [5.41, 5.74) is -0.276. The molecule has 3 unspecified atom stereocenters. The largest absolute Gasteiger partial charge is 0.481 e. The Balaban J connectivity index is 1.95. The van der Waals surface area contributed by atoms with E-state index >= 15 is 0 Å². The van der Waals surface area contributed by atoms with Gasteiger partial charge >= 0.3 is 5.97 Å². The first-order valence-corrected chi connectivity index (χ1v) is 7.39. The van der Waals surface area contributed by atoms with E-state index in [1.165, 1.54) is 0 Å². The molecule has 3 atom stereocenters. The molecule has 4 nitrogen and oxygen atoms in total. The van der Waals surface area contributed by atoms with Crippen LogP contribution >= 0.6 is 0 Å². The minimum Gasteiger partial charge on any atom is -0.481 e. The maximum atomic E-state index is 11.1. The SMILES string of the molecule is CC1(C)CC(NC2CCCC(C(=O)O)C2)C(C)(C)O1. The van der Waals surface area contributed by atoms with Gasteiger partial charge in [-0.1, -0.05) is 6.42 Å². The number of carboxylic acids is 1. The van der Waals surface area contributed by atoms with Gasteiger partial charge in [0.15, 0.2) is 0 Å². The minimum atomic E-state index is -0.645. The van der Waals surface area contributed by atoms with Crippen LogP contribution < -0.4 is 5.32 Å². The van der Waals surface area contributed by atoms with Gasteiger partial charge in [-0.15, -0.1) is 0 Å². The molecule has 2 rings (SSSR count). The van der Waals surface area contributed by atoms with Crippen molar-refractivity contribution in [3.63, 3.8) is 0 Å². The molecule has 110 valence electrons. The lowest BCUT2D eigenvalue weighted by atomic mass is 9.84. The van der Waals surface area contributed by atoms with Crippen LogP contribution in [0.5, 0.6) is 0 Å². The Morgan fingerprint density at radius 3 is 2.47 bits per heavy atom. The Kier molecular flexibility index (Phi) is 3.94. The van der Waals surface area contributed by atoms with Crippen LogP contribution in [-0.4, -0.2) is 34.4 Å². The number of hydrogen-bond donors (Lipinski definition) is 2. The van der Waals surface area contributed by atoms with E-state index < -0.39 is 5.97 Å². The van der Waals surface area contributed by atoms with Gasteiger partial charge in [0.05, 0.1) is 17.1 Å². The predicted molar refractivity (Wildman–Crippen MR) is 74.2 cm³/mol. The average molecular weight is 269 g/mol. The first-order valence-electron chi connectivity index (χ1n) is 7.39. The van der Waals surface area contributed by atoms with E-state index in [-0.39, 0.29) is 17.1 Å². The standard InChI is InChI=1S/C15H27NO3/c1-14(2)9-12(15(3,4)19-14)16-11-7-5-6-10(8-11)13(17)18/h10-12,16H,5-9H2,1-4H3,(H,17,18). The Bertz CT molecular complexity index is 351. The average Bonchev–Trinajstić information content (AvgIpc) is 2.47. The van der Waals surface area contributed by atoms with Crippen LogP contribution in [0.15, 0.2) is 0 Å². The predicted octanol–water partition coefficient (Wildman–Crippen LogP) is 2.57. The summed E-state index contributed by atoms with van der Waals surface area (Å²) in [5.74, 6) is -0.821. The van der Waals surface area contributed by atoms with Crippen molar-refractivity contribution in [1.82, 2.24) is 5.32 Å². The van der Waals surface area contributed by atoms with Crippen molar-refractivity contribution in [2.75, 3.05) is 0 Å². The molecule has 1 saturated carbocycles. The topological polar surface area (TPSA) is 58.6 Å². The third-order valence-electron chi connectivity index (χ3n) is 4.53. The van der Waals surface area contributed by atoms with Crippen molar-refractivity contribution < 1.29 is 14.6 Å². The second kappa shape index (κ2) is 5.06. The summed E-state index contributed by atoms with van der Waals surface area (Å²) in [7, 11) is 0. The van der Waals surface area contributed by atoms with Gasteiger partial charge in [0.1, 0.15) is 0 Å². The van der Waals surface area contributed by atoms with Crippen LogP contribution in [0.2, 0.25) is 0 Å². The third-order valence-corrected chi connectivity index (χ3v) is 4.53. The highest BCUT2D eigenvalue weighted by Crippen LogP contribution is 2.38. The number of nitrogens with one attached hydrogen (secondary N) is 1. The summed E-state index contributed by atoms with van der Waals surface area (Å²) in [6, 6.07) is 0.622. The molecule has 0 aromatic rings. The van der Waals surface area contributed by atoms with Gasteiger partial charge in [-0.25, -0.2) is 0 Å². The maximum absolute atomic E-state index is 11.1. The number of carbonyl (C=O) groups is 1. The monoisotopic (exact) mass is 269 g/mol. The van der Waals surface area contributed by atoms with E-state index in [4.69, 9.17) is 9.84 Å². The summed E-state index contributed by atoms with van der Waals surface area (Å²) < 4.78 is 6.09. The Morgan fingerprint density at radius 1 is 1.26 bits per heavy atom. The van der Waals surface area contributed by atoms with Gasteiger partial charge in [-0.05, 0) is 53.4 Å². The van der Waals surface area contributed by atoms with E-state index in [9.17, 15) is 4.79 Å². The summed E-state index contributed by atoms with van der Waals surface area (Å²) in [5, 5.41) is 12.8. The Labute approximate surface area is 115 Å². The van der Waals surface area contributed by atoms with Crippen LogP contribution in [0.4, 0.5) is 0 Å². The van der Waals surface area contributed by atoms with Gasteiger partial charge in [0.2, 0.25) is 0 Å². The molecule has 2 fully saturated rings. The quantitative estimate of drug-likeness (QED) is 0.826. The number of carboxylic acid groups (broad SMARTS) is 1. The molecule has 1 heterocycles. The normalized spacial score (nSPS) is 37.2.